The lowest BCUT2D eigenvalue weighted by Gasteiger charge is -2.16. The monoisotopic (exact) mass is 480 g/mol. The van der Waals surface area contributed by atoms with Crippen LogP contribution in [-0.2, 0) is 16.1 Å². The van der Waals surface area contributed by atoms with Crippen molar-refractivity contribution in [3.63, 3.8) is 0 Å². The molecule has 0 saturated heterocycles. The highest BCUT2D eigenvalue weighted by Gasteiger charge is 2.21. The molecule has 1 aromatic carbocycles. The summed E-state index contributed by atoms with van der Waals surface area (Å²) in [4.78, 5) is 13.3. The van der Waals surface area contributed by atoms with Gasteiger partial charge in [0.25, 0.3) is 0 Å². The molecule has 0 bridgehead atoms. The predicted octanol–water partition coefficient (Wildman–Crippen LogP) is 3.51. The number of hydrogen-bond donors (Lipinski definition) is 1. The molecule has 8 nitrogen and oxygen atoms in total. The van der Waals surface area contributed by atoms with E-state index in [0.29, 0.717) is 57.4 Å². The smallest absolute Gasteiger partial charge is 0.203 e. The molecular formula is C25H28N4O4S. The van der Waals surface area contributed by atoms with Crippen LogP contribution < -0.4 is 18.9 Å². The van der Waals surface area contributed by atoms with Gasteiger partial charge >= 0.3 is 0 Å². The summed E-state index contributed by atoms with van der Waals surface area (Å²) in [6, 6.07) is 5.45. The SMILES string of the molecule is C=S(C)(=O)Nc1cc(C#Cc2c(CC)ncnc2-c2ccc(OC)c(OC)c2OC)cnc1C. The highest BCUT2D eigenvalue weighted by molar-refractivity contribution is 8.00. The zero-order valence-electron chi connectivity index (χ0n) is 20.2. The van der Waals surface area contributed by atoms with Gasteiger partial charge in [-0.25, -0.2) is 14.2 Å². The quantitative estimate of drug-likeness (QED) is 0.408. The number of aromatic nitrogens is 3. The van der Waals surface area contributed by atoms with Gasteiger partial charge in [0.15, 0.2) is 11.5 Å². The minimum atomic E-state index is -2.45. The lowest BCUT2D eigenvalue weighted by molar-refractivity contribution is 0.325. The number of ether oxygens (including phenoxy) is 3. The molecule has 0 saturated carbocycles. The van der Waals surface area contributed by atoms with Crippen LogP contribution in [0.25, 0.3) is 11.3 Å². The van der Waals surface area contributed by atoms with Crippen LogP contribution >= 0.6 is 0 Å². The third kappa shape index (κ3) is 5.41. The second kappa shape index (κ2) is 10.4. The maximum Gasteiger partial charge on any atom is 0.203 e. The third-order valence-corrected chi connectivity index (χ3v) is 5.62. The molecule has 3 rings (SSSR count). The first kappa shape index (κ1) is 24.9. The first-order valence-electron chi connectivity index (χ1n) is 10.4. The third-order valence-electron chi connectivity index (χ3n) is 4.96. The van der Waals surface area contributed by atoms with Crippen molar-refractivity contribution in [2.24, 2.45) is 0 Å². The molecule has 9 heteroatoms. The molecule has 0 amide bonds. The highest BCUT2D eigenvalue weighted by atomic mass is 32.2. The van der Waals surface area contributed by atoms with Crippen molar-refractivity contribution >= 4 is 21.3 Å². The molecule has 2 heterocycles. The van der Waals surface area contributed by atoms with Gasteiger partial charge in [0.05, 0.1) is 49.7 Å². The fraction of sp³-hybridized carbons (Fsp3) is 0.280. The lowest BCUT2D eigenvalue weighted by atomic mass is 10.0. The predicted molar refractivity (Wildman–Crippen MR) is 136 cm³/mol. The van der Waals surface area contributed by atoms with Crippen molar-refractivity contribution in [2.45, 2.75) is 20.3 Å². The van der Waals surface area contributed by atoms with Gasteiger partial charge < -0.3 is 18.9 Å². The molecule has 0 aliphatic rings. The van der Waals surface area contributed by atoms with E-state index >= 15 is 0 Å². The van der Waals surface area contributed by atoms with Crippen LogP contribution in [0, 0.1) is 18.8 Å². The number of nitrogens with zero attached hydrogens (tertiary/aromatic N) is 3. The molecule has 0 aliphatic heterocycles. The molecule has 0 aliphatic carbocycles. The van der Waals surface area contributed by atoms with E-state index in [1.807, 2.05) is 19.9 Å². The molecule has 3 aromatic rings. The topological polar surface area (TPSA) is 95.5 Å². The van der Waals surface area contributed by atoms with E-state index in [1.54, 1.807) is 39.7 Å². The molecule has 1 N–H and O–H groups in total. The largest absolute Gasteiger partial charge is 0.493 e. The zero-order valence-corrected chi connectivity index (χ0v) is 21.0. The van der Waals surface area contributed by atoms with Crippen LogP contribution in [0.3, 0.4) is 0 Å². The van der Waals surface area contributed by atoms with Crippen LogP contribution in [-0.4, -0.2) is 52.6 Å². The summed E-state index contributed by atoms with van der Waals surface area (Å²) >= 11 is 0. The van der Waals surface area contributed by atoms with Crippen molar-refractivity contribution in [1.82, 2.24) is 15.0 Å². The number of anilines is 1. The summed E-state index contributed by atoms with van der Waals surface area (Å²) in [5.41, 5.74) is 4.75. The standard InChI is InChI=1S/C25H28N4O4S/c1-8-20-18(10-9-17-13-21(16(2)26-14-17)29-34(6,7)30)23(28-15-27-20)19-11-12-22(31-3)25(33-5)24(19)32-4/h11-15H,6,8H2,1-5,7H3,(H,29,30). The van der Waals surface area contributed by atoms with Gasteiger partial charge in [-0.15, -0.1) is 0 Å². The summed E-state index contributed by atoms with van der Waals surface area (Å²) in [7, 11) is 2.23. The molecule has 0 fully saturated rings. The van der Waals surface area contributed by atoms with Crippen LogP contribution in [0.5, 0.6) is 17.2 Å². The molecule has 34 heavy (non-hydrogen) atoms. The van der Waals surface area contributed by atoms with Gasteiger partial charge in [0.2, 0.25) is 5.75 Å². The Morgan fingerprint density at radius 1 is 1.06 bits per heavy atom. The zero-order chi connectivity index (χ0) is 24.9. The second-order valence-electron chi connectivity index (χ2n) is 7.49. The Morgan fingerprint density at radius 2 is 1.79 bits per heavy atom. The number of nitrogens with one attached hydrogen (secondary N) is 1. The molecule has 1 unspecified atom stereocenters. The summed E-state index contributed by atoms with van der Waals surface area (Å²) < 4.78 is 31.6. The Hall–Kier alpha value is -3.77. The second-order valence-corrected chi connectivity index (χ2v) is 9.71. The van der Waals surface area contributed by atoms with Crippen molar-refractivity contribution in [1.29, 1.82) is 0 Å². The minimum Gasteiger partial charge on any atom is -0.493 e. The number of benzene rings is 1. The van der Waals surface area contributed by atoms with Crippen LogP contribution in [0.4, 0.5) is 5.69 Å². The number of pyridine rings is 1. The summed E-state index contributed by atoms with van der Waals surface area (Å²) in [5.74, 6) is 11.5. The van der Waals surface area contributed by atoms with Crippen LogP contribution in [0.15, 0.2) is 30.7 Å². The van der Waals surface area contributed by atoms with Gasteiger partial charge in [0.1, 0.15) is 6.33 Å². The van der Waals surface area contributed by atoms with Gasteiger partial charge in [-0.2, -0.15) is 0 Å². The molecular weight excluding hydrogens is 452 g/mol. The van der Waals surface area contributed by atoms with E-state index in [2.05, 4.69) is 37.4 Å². The fourth-order valence-corrected chi connectivity index (χ4v) is 4.06. The number of hydrogen-bond acceptors (Lipinski definition) is 7. The summed E-state index contributed by atoms with van der Waals surface area (Å²) in [6.45, 7) is 3.83. The van der Waals surface area contributed by atoms with E-state index in [1.165, 1.54) is 12.6 Å². The Labute approximate surface area is 200 Å². The Balaban J connectivity index is 2.18. The first-order chi connectivity index (χ1) is 16.2. The van der Waals surface area contributed by atoms with E-state index < -0.39 is 9.71 Å². The highest BCUT2D eigenvalue weighted by Crippen LogP contribution is 2.44. The number of rotatable bonds is 7. The lowest BCUT2D eigenvalue weighted by Crippen LogP contribution is -2.11. The Kier molecular flexibility index (Phi) is 7.64. The van der Waals surface area contributed by atoms with Crippen molar-refractivity contribution < 1.29 is 18.4 Å². The normalized spacial score (nSPS) is 12.2. The molecule has 1 atom stereocenters. The molecule has 2 aromatic heterocycles. The summed E-state index contributed by atoms with van der Waals surface area (Å²) in [6.07, 6.45) is 5.37. The number of aryl methyl sites for hydroxylation is 2. The van der Waals surface area contributed by atoms with Crippen LogP contribution in [0.1, 0.15) is 29.4 Å². The van der Waals surface area contributed by atoms with Gasteiger partial charge in [-0.3, -0.25) is 4.98 Å². The first-order valence-corrected chi connectivity index (χ1v) is 12.6. The van der Waals surface area contributed by atoms with E-state index in [9.17, 15) is 4.21 Å². The summed E-state index contributed by atoms with van der Waals surface area (Å²) in [5, 5.41) is 0. The Bertz CT molecular complexity index is 1380. The molecule has 0 spiro atoms. The van der Waals surface area contributed by atoms with Gasteiger partial charge in [-0.1, -0.05) is 18.8 Å². The minimum absolute atomic E-state index is 0.466. The van der Waals surface area contributed by atoms with Crippen LogP contribution in [0.2, 0.25) is 0 Å². The molecule has 178 valence electrons. The van der Waals surface area contributed by atoms with Crippen molar-refractivity contribution in [3.05, 3.63) is 53.2 Å². The van der Waals surface area contributed by atoms with Crippen molar-refractivity contribution in [2.75, 3.05) is 32.3 Å². The average Bonchev–Trinajstić information content (AvgIpc) is 2.82. The fourth-order valence-electron chi connectivity index (χ4n) is 3.39. The van der Waals surface area contributed by atoms with Crippen molar-refractivity contribution in [3.8, 4) is 40.3 Å². The Morgan fingerprint density at radius 3 is 2.41 bits per heavy atom. The van der Waals surface area contributed by atoms with E-state index in [0.717, 1.165) is 5.69 Å². The van der Waals surface area contributed by atoms with E-state index in [4.69, 9.17) is 14.2 Å². The van der Waals surface area contributed by atoms with Gasteiger partial charge in [-0.05, 0) is 37.4 Å². The maximum absolute atomic E-state index is 12.1. The average molecular weight is 481 g/mol. The molecule has 0 radical (unpaired) electrons. The van der Waals surface area contributed by atoms with E-state index in [-0.39, 0.29) is 0 Å². The van der Waals surface area contributed by atoms with Gasteiger partial charge in [0, 0.05) is 33.3 Å². The maximum atomic E-state index is 12.1. The number of methoxy groups -OCH3 is 3.